The lowest BCUT2D eigenvalue weighted by atomic mass is 10.2. The molecular weight excluding hydrogens is 296 g/mol. The van der Waals surface area contributed by atoms with E-state index in [0.717, 1.165) is 16.5 Å². The normalized spacial score (nSPS) is 12.2. The molecule has 1 heterocycles. The molecule has 20 heavy (non-hydrogen) atoms. The minimum Gasteiger partial charge on any atom is -0.346 e. The van der Waals surface area contributed by atoms with Crippen molar-refractivity contribution in [2.45, 2.75) is 26.4 Å². The fourth-order valence-corrected chi connectivity index (χ4v) is 3.81. The van der Waals surface area contributed by atoms with E-state index in [-0.39, 0.29) is 11.5 Å². The summed E-state index contributed by atoms with van der Waals surface area (Å²) < 4.78 is 25.6. The number of hydrogen-bond acceptors (Lipinski definition) is 3. The molecule has 0 radical (unpaired) electrons. The van der Waals surface area contributed by atoms with E-state index in [2.05, 4.69) is 0 Å². The van der Waals surface area contributed by atoms with E-state index in [1.807, 2.05) is 35.9 Å². The molecule has 6 heteroatoms. The molecule has 1 aromatic heterocycles. The van der Waals surface area contributed by atoms with Crippen molar-refractivity contribution in [1.29, 1.82) is 0 Å². The van der Waals surface area contributed by atoms with Crippen molar-refractivity contribution >= 4 is 32.3 Å². The number of sulfone groups is 1. The summed E-state index contributed by atoms with van der Waals surface area (Å²) in [6.45, 7) is 2.72. The molecule has 0 atom stereocenters. The highest BCUT2D eigenvalue weighted by molar-refractivity contribution is 7.91. The number of aryl methyl sites for hydroxylation is 1. The van der Waals surface area contributed by atoms with Gasteiger partial charge in [0.15, 0.2) is 9.84 Å². The van der Waals surface area contributed by atoms with Gasteiger partial charge >= 0.3 is 0 Å². The zero-order valence-electron chi connectivity index (χ0n) is 11.5. The Morgan fingerprint density at radius 1 is 1.30 bits per heavy atom. The molecule has 110 valence electrons. The van der Waals surface area contributed by atoms with E-state index < -0.39 is 9.84 Å². The topological polar surface area (TPSA) is 65.1 Å². The van der Waals surface area contributed by atoms with E-state index in [0.29, 0.717) is 24.5 Å². The van der Waals surface area contributed by atoms with Crippen LogP contribution < -0.4 is 5.73 Å². The highest BCUT2D eigenvalue weighted by atomic mass is 35.5. The Bertz CT molecular complexity index is 707. The van der Waals surface area contributed by atoms with Gasteiger partial charge < -0.3 is 10.3 Å². The molecule has 0 spiro atoms. The molecular formula is C14H19ClN2O2S. The van der Waals surface area contributed by atoms with Crippen molar-refractivity contribution in [2.75, 3.05) is 11.5 Å². The third kappa shape index (κ3) is 3.34. The number of nitrogens with zero attached hydrogens (tertiary/aromatic N) is 1. The molecule has 2 N–H and O–H groups in total. The number of halogens is 1. The Hall–Kier alpha value is -1.04. The van der Waals surface area contributed by atoms with Crippen LogP contribution in [-0.4, -0.2) is 24.5 Å². The predicted molar refractivity (Wildman–Crippen MR) is 83.8 cm³/mol. The van der Waals surface area contributed by atoms with Gasteiger partial charge in [-0.15, -0.1) is 0 Å². The second-order valence-corrected chi connectivity index (χ2v) is 7.61. The van der Waals surface area contributed by atoms with Crippen molar-refractivity contribution < 1.29 is 8.42 Å². The van der Waals surface area contributed by atoms with Gasteiger partial charge in [0.05, 0.1) is 5.75 Å². The van der Waals surface area contributed by atoms with Crippen LogP contribution in [0.3, 0.4) is 0 Å². The van der Waals surface area contributed by atoms with E-state index >= 15 is 0 Å². The first kappa shape index (κ1) is 15.4. The summed E-state index contributed by atoms with van der Waals surface area (Å²) in [4.78, 5) is 0. The van der Waals surface area contributed by atoms with Gasteiger partial charge in [-0.05, 0) is 24.1 Å². The van der Waals surface area contributed by atoms with Gasteiger partial charge in [-0.2, -0.15) is 0 Å². The van der Waals surface area contributed by atoms with Crippen LogP contribution >= 0.6 is 11.6 Å². The second kappa shape index (κ2) is 6.16. The second-order valence-electron chi connectivity index (χ2n) is 4.87. The van der Waals surface area contributed by atoms with Gasteiger partial charge in [-0.25, -0.2) is 8.42 Å². The van der Waals surface area contributed by atoms with Crippen molar-refractivity contribution in [2.24, 2.45) is 5.73 Å². The molecule has 0 unspecified atom stereocenters. The summed E-state index contributed by atoms with van der Waals surface area (Å²) in [5, 5.41) is 1.67. The summed E-state index contributed by atoms with van der Waals surface area (Å²) in [5.74, 6) is 0.373. The van der Waals surface area contributed by atoms with Crippen molar-refractivity contribution in [3.8, 4) is 0 Å². The lowest BCUT2D eigenvalue weighted by molar-refractivity contribution is 0.588. The molecule has 2 rings (SSSR count). The van der Waals surface area contributed by atoms with Gasteiger partial charge in [-0.3, -0.25) is 0 Å². The zero-order chi connectivity index (χ0) is 14.8. The SMILES string of the molecule is CCCS(=O)(=O)CCn1cc(CN)c2ccc(Cl)cc21. The molecule has 0 fully saturated rings. The van der Waals surface area contributed by atoms with Crippen LogP contribution in [0.5, 0.6) is 0 Å². The molecule has 1 aromatic carbocycles. The summed E-state index contributed by atoms with van der Waals surface area (Å²) in [7, 11) is -2.99. The van der Waals surface area contributed by atoms with Crippen LogP contribution in [0.4, 0.5) is 0 Å². The van der Waals surface area contributed by atoms with Crippen molar-refractivity contribution in [3.63, 3.8) is 0 Å². The molecule has 2 aromatic rings. The largest absolute Gasteiger partial charge is 0.346 e. The van der Waals surface area contributed by atoms with E-state index in [1.54, 1.807) is 0 Å². The van der Waals surface area contributed by atoms with Gasteiger partial charge in [0.2, 0.25) is 0 Å². The van der Waals surface area contributed by atoms with Crippen LogP contribution in [0, 0.1) is 0 Å². The Morgan fingerprint density at radius 3 is 2.70 bits per heavy atom. The van der Waals surface area contributed by atoms with Crippen LogP contribution in [0.1, 0.15) is 18.9 Å². The quantitative estimate of drug-likeness (QED) is 0.891. The first-order chi connectivity index (χ1) is 9.46. The fourth-order valence-electron chi connectivity index (χ4n) is 2.34. The fraction of sp³-hybridized carbons (Fsp3) is 0.429. The number of nitrogens with two attached hydrogens (primary N) is 1. The van der Waals surface area contributed by atoms with Crippen LogP contribution in [0.25, 0.3) is 10.9 Å². The molecule has 0 saturated heterocycles. The van der Waals surface area contributed by atoms with Gasteiger partial charge in [0.25, 0.3) is 0 Å². The van der Waals surface area contributed by atoms with E-state index in [4.69, 9.17) is 17.3 Å². The molecule has 0 bridgehead atoms. The lowest BCUT2D eigenvalue weighted by Crippen LogP contribution is -2.15. The molecule has 0 aliphatic rings. The van der Waals surface area contributed by atoms with Crippen LogP contribution in [-0.2, 0) is 22.9 Å². The van der Waals surface area contributed by atoms with E-state index in [1.165, 1.54) is 0 Å². The smallest absolute Gasteiger partial charge is 0.152 e. The Labute approximate surface area is 124 Å². The zero-order valence-corrected chi connectivity index (χ0v) is 13.0. The maximum atomic E-state index is 11.8. The number of fused-ring (bicyclic) bond motifs is 1. The highest BCUT2D eigenvalue weighted by Gasteiger charge is 2.12. The first-order valence-corrected chi connectivity index (χ1v) is 8.84. The minimum atomic E-state index is -2.99. The van der Waals surface area contributed by atoms with Gasteiger partial charge in [0, 0.05) is 41.0 Å². The average Bonchev–Trinajstić information content (AvgIpc) is 2.74. The monoisotopic (exact) mass is 314 g/mol. The standard InChI is InChI=1S/C14H19ClN2O2S/c1-2-6-20(18,19)7-5-17-10-11(9-16)13-4-3-12(15)8-14(13)17/h3-4,8,10H,2,5-7,9,16H2,1H3. The average molecular weight is 315 g/mol. The third-order valence-electron chi connectivity index (χ3n) is 3.31. The molecule has 0 aliphatic carbocycles. The summed E-state index contributed by atoms with van der Waals surface area (Å²) in [6.07, 6.45) is 2.57. The number of benzene rings is 1. The molecule has 0 aliphatic heterocycles. The van der Waals surface area contributed by atoms with Crippen LogP contribution in [0.2, 0.25) is 5.02 Å². The minimum absolute atomic E-state index is 0.140. The summed E-state index contributed by atoms with van der Waals surface area (Å²) >= 11 is 6.02. The Morgan fingerprint density at radius 2 is 2.05 bits per heavy atom. The highest BCUT2D eigenvalue weighted by Crippen LogP contribution is 2.24. The third-order valence-corrected chi connectivity index (χ3v) is 5.38. The van der Waals surface area contributed by atoms with Gasteiger partial charge in [-0.1, -0.05) is 24.6 Å². The molecule has 0 amide bonds. The van der Waals surface area contributed by atoms with E-state index in [9.17, 15) is 8.42 Å². The van der Waals surface area contributed by atoms with Gasteiger partial charge in [0.1, 0.15) is 0 Å². The number of rotatable bonds is 6. The Kier molecular flexibility index (Phi) is 4.73. The first-order valence-electron chi connectivity index (χ1n) is 6.64. The molecule has 4 nitrogen and oxygen atoms in total. The summed E-state index contributed by atoms with van der Waals surface area (Å²) in [6, 6.07) is 5.60. The number of aromatic nitrogens is 1. The maximum Gasteiger partial charge on any atom is 0.152 e. The summed E-state index contributed by atoms with van der Waals surface area (Å²) in [5.41, 5.74) is 7.67. The van der Waals surface area contributed by atoms with Crippen LogP contribution in [0.15, 0.2) is 24.4 Å². The predicted octanol–water partition coefficient (Wildman–Crippen LogP) is 2.58. The Balaban J connectivity index is 2.32. The molecule has 0 saturated carbocycles. The number of hydrogen-bond donors (Lipinski definition) is 1. The maximum absolute atomic E-state index is 11.8. The van der Waals surface area contributed by atoms with Crippen molar-refractivity contribution in [1.82, 2.24) is 4.57 Å². The lowest BCUT2D eigenvalue weighted by Gasteiger charge is -2.06. The van der Waals surface area contributed by atoms with Crippen molar-refractivity contribution in [3.05, 3.63) is 35.0 Å².